The van der Waals surface area contributed by atoms with Gasteiger partial charge in [0.05, 0.1) is 6.42 Å². The first kappa shape index (κ1) is 20.0. The largest absolute Gasteiger partial charge is 0.508 e. The van der Waals surface area contributed by atoms with Crippen molar-refractivity contribution in [3.05, 3.63) is 78.4 Å². The highest BCUT2D eigenvalue weighted by molar-refractivity contribution is 8.14. The summed E-state index contributed by atoms with van der Waals surface area (Å²) in [6.45, 7) is 0. The van der Waals surface area contributed by atoms with Crippen molar-refractivity contribution in [2.45, 2.75) is 16.2 Å². The van der Waals surface area contributed by atoms with Gasteiger partial charge in [0.15, 0.2) is 0 Å². The van der Waals surface area contributed by atoms with E-state index in [-0.39, 0.29) is 17.3 Å². The van der Waals surface area contributed by atoms with E-state index in [1.165, 1.54) is 23.9 Å². The minimum atomic E-state index is -0.786. The summed E-state index contributed by atoms with van der Waals surface area (Å²) in [5.74, 6) is -0.0986. The van der Waals surface area contributed by atoms with Crippen LogP contribution >= 0.6 is 23.5 Å². The summed E-state index contributed by atoms with van der Waals surface area (Å²) in [6, 6.07) is 22.0. The third-order valence-corrected chi connectivity index (χ3v) is 5.88. The number of phenols is 1. The summed E-state index contributed by atoms with van der Waals surface area (Å²) in [4.78, 5) is 24.7. The number of hydrogen-bond acceptors (Lipinski definition) is 5. The van der Waals surface area contributed by atoms with Gasteiger partial charge in [-0.3, -0.25) is 9.59 Å². The lowest BCUT2D eigenvalue weighted by atomic mass is 10.1. The fourth-order valence-electron chi connectivity index (χ4n) is 2.48. The molecule has 3 aromatic carbocycles. The minimum absolute atomic E-state index is 0.0736. The lowest BCUT2D eigenvalue weighted by Crippen LogP contribution is -1.95. The molecule has 0 bridgehead atoms. The summed E-state index contributed by atoms with van der Waals surface area (Å²) in [7, 11) is 0. The van der Waals surface area contributed by atoms with E-state index in [0.29, 0.717) is 11.3 Å². The van der Waals surface area contributed by atoms with Crippen LogP contribution in [0.3, 0.4) is 0 Å². The molecule has 0 fully saturated rings. The van der Waals surface area contributed by atoms with E-state index in [0.717, 1.165) is 32.7 Å². The van der Waals surface area contributed by atoms with Crippen molar-refractivity contribution in [1.82, 2.24) is 0 Å². The summed E-state index contributed by atoms with van der Waals surface area (Å²) in [5, 5.41) is 17.9. The second kappa shape index (κ2) is 9.48. The van der Waals surface area contributed by atoms with E-state index in [1.807, 2.05) is 48.5 Å². The molecule has 0 aliphatic heterocycles. The van der Waals surface area contributed by atoms with Crippen LogP contribution in [0.2, 0.25) is 0 Å². The van der Waals surface area contributed by atoms with Crippen molar-refractivity contribution >= 4 is 34.6 Å². The Morgan fingerprint density at radius 2 is 1.29 bits per heavy atom. The van der Waals surface area contributed by atoms with Gasteiger partial charge in [0.1, 0.15) is 5.75 Å². The average Bonchev–Trinajstić information content (AvgIpc) is 2.69. The number of rotatable bonds is 7. The standard InChI is InChI=1S/C22H18O4S2/c23-18-7-1-17(2-8-18)22(26)28-20-11-5-16(6-12-20)15-3-9-19(10-4-15)27-14-13-21(24)25/h1-12,23H,13-14H2,(H,24,25). The van der Waals surface area contributed by atoms with E-state index < -0.39 is 5.97 Å². The van der Waals surface area contributed by atoms with E-state index >= 15 is 0 Å². The zero-order chi connectivity index (χ0) is 19.9. The summed E-state index contributed by atoms with van der Waals surface area (Å²) < 4.78 is 0. The van der Waals surface area contributed by atoms with Crippen molar-refractivity contribution in [3.8, 4) is 16.9 Å². The lowest BCUT2D eigenvalue weighted by Gasteiger charge is -2.06. The summed E-state index contributed by atoms with van der Waals surface area (Å²) in [5.41, 5.74) is 2.65. The third kappa shape index (κ3) is 5.65. The van der Waals surface area contributed by atoms with Gasteiger partial charge in [-0.05, 0) is 71.4 Å². The molecule has 0 atom stereocenters. The van der Waals surface area contributed by atoms with Crippen LogP contribution in [-0.4, -0.2) is 27.1 Å². The van der Waals surface area contributed by atoms with Crippen molar-refractivity contribution in [1.29, 1.82) is 0 Å². The first-order chi connectivity index (χ1) is 13.5. The minimum Gasteiger partial charge on any atom is -0.508 e. The maximum Gasteiger partial charge on any atom is 0.304 e. The molecule has 28 heavy (non-hydrogen) atoms. The molecular formula is C22H18O4S2. The van der Waals surface area contributed by atoms with Gasteiger partial charge in [-0.15, -0.1) is 11.8 Å². The molecule has 142 valence electrons. The molecule has 3 rings (SSSR count). The highest BCUT2D eigenvalue weighted by atomic mass is 32.2. The molecule has 2 N–H and O–H groups in total. The molecule has 0 aliphatic carbocycles. The van der Waals surface area contributed by atoms with Crippen molar-refractivity contribution in [3.63, 3.8) is 0 Å². The van der Waals surface area contributed by atoms with Gasteiger partial charge in [0, 0.05) is 21.1 Å². The molecule has 0 unspecified atom stereocenters. The molecule has 0 amide bonds. The smallest absolute Gasteiger partial charge is 0.304 e. The van der Waals surface area contributed by atoms with Crippen LogP contribution in [0.15, 0.2) is 82.6 Å². The normalized spacial score (nSPS) is 10.6. The predicted octanol–water partition coefficient (Wildman–Crippen LogP) is 5.56. The zero-order valence-electron chi connectivity index (χ0n) is 14.9. The van der Waals surface area contributed by atoms with Crippen LogP contribution in [0, 0.1) is 0 Å². The summed E-state index contributed by atoms with van der Waals surface area (Å²) in [6.07, 6.45) is 0.147. The lowest BCUT2D eigenvalue weighted by molar-refractivity contribution is -0.136. The molecule has 0 aromatic heterocycles. The van der Waals surface area contributed by atoms with Crippen LogP contribution in [0.1, 0.15) is 16.8 Å². The van der Waals surface area contributed by atoms with Crippen molar-refractivity contribution in [2.75, 3.05) is 5.75 Å². The van der Waals surface area contributed by atoms with Crippen molar-refractivity contribution in [2.24, 2.45) is 0 Å². The molecule has 0 saturated heterocycles. The topological polar surface area (TPSA) is 74.6 Å². The Kier molecular flexibility index (Phi) is 6.79. The van der Waals surface area contributed by atoms with Crippen LogP contribution in [-0.2, 0) is 4.79 Å². The van der Waals surface area contributed by atoms with Gasteiger partial charge in [-0.25, -0.2) is 0 Å². The predicted molar refractivity (Wildman–Crippen MR) is 113 cm³/mol. The van der Waals surface area contributed by atoms with Gasteiger partial charge in [0.25, 0.3) is 0 Å². The van der Waals surface area contributed by atoms with Gasteiger partial charge in [-0.1, -0.05) is 24.3 Å². The van der Waals surface area contributed by atoms with E-state index in [4.69, 9.17) is 5.11 Å². The van der Waals surface area contributed by atoms with E-state index in [1.54, 1.807) is 12.1 Å². The number of hydrogen-bond donors (Lipinski definition) is 2. The second-order valence-corrected chi connectivity index (χ2v) is 8.19. The number of carboxylic acids is 1. The highest BCUT2D eigenvalue weighted by Crippen LogP contribution is 2.28. The maximum atomic E-state index is 12.3. The Hall–Kier alpha value is -2.70. The number of phenolic OH excluding ortho intramolecular Hbond substituents is 1. The first-order valence-electron chi connectivity index (χ1n) is 8.57. The monoisotopic (exact) mass is 410 g/mol. The Bertz CT molecular complexity index is 949. The van der Waals surface area contributed by atoms with Crippen LogP contribution < -0.4 is 0 Å². The molecule has 6 heteroatoms. The van der Waals surface area contributed by atoms with Crippen molar-refractivity contribution < 1.29 is 19.8 Å². The molecular weight excluding hydrogens is 392 g/mol. The molecule has 3 aromatic rings. The molecule has 0 saturated carbocycles. The van der Waals surface area contributed by atoms with Gasteiger partial charge >= 0.3 is 5.97 Å². The average molecular weight is 411 g/mol. The number of carboxylic acid groups (broad SMARTS) is 1. The molecule has 0 aliphatic rings. The number of thioether (sulfide) groups is 2. The Labute approximate surface area is 171 Å². The number of carbonyl (C=O) groups excluding carboxylic acids is 1. The zero-order valence-corrected chi connectivity index (χ0v) is 16.5. The first-order valence-corrected chi connectivity index (χ1v) is 10.4. The van der Waals surface area contributed by atoms with Gasteiger partial charge in [0.2, 0.25) is 5.12 Å². The number of aliphatic carboxylic acids is 1. The SMILES string of the molecule is O=C(O)CCSc1ccc(-c2ccc(SC(=O)c3ccc(O)cc3)cc2)cc1. The molecule has 0 spiro atoms. The van der Waals surface area contributed by atoms with Crippen LogP contribution in [0.4, 0.5) is 0 Å². The van der Waals surface area contributed by atoms with Gasteiger partial charge < -0.3 is 10.2 Å². The summed E-state index contributed by atoms with van der Waals surface area (Å²) >= 11 is 2.67. The number of carbonyl (C=O) groups is 2. The maximum absolute atomic E-state index is 12.3. The Morgan fingerprint density at radius 3 is 1.82 bits per heavy atom. The van der Waals surface area contributed by atoms with Crippen LogP contribution in [0.5, 0.6) is 5.75 Å². The second-order valence-electron chi connectivity index (χ2n) is 5.98. The fourth-order valence-corrected chi connectivity index (χ4v) is 4.06. The quantitative estimate of drug-likeness (QED) is 0.497. The number of aromatic hydroxyl groups is 1. The van der Waals surface area contributed by atoms with Crippen LogP contribution in [0.25, 0.3) is 11.1 Å². The van der Waals surface area contributed by atoms with Gasteiger partial charge in [-0.2, -0.15) is 0 Å². The Morgan fingerprint density at radius 1 is 0.750 bits per heavy atom. The Balaban J connectivity index is 1.61. The third-order valence-electron chi connectivity index (χ3n) is 3.94. The number of benzene rings is 3. The molecule has 0 heterocycles. The van der Waals surface area contributed by atoms with E-state index in [2.05, 4.69) is 0 Å². The highest BCUT2D eigenvalue weighted by Gasteiger charge is 2.08. The van der Waals surface area contributed by atoms with E-state index in [9.17, 15) is 14.7 Å². The fraction of sp³-hybridized carbons (Fsp3) is 0.0909. The molecule has 0 radical (unpaired) electrons. The molecule has 4 nitrogen and oxygen atoms in total.